The zero-order valence-corrected chi connectivity index (χ0v) is 21.6. The van der Waals surface area contributed by atoms with E-state index in [9.17, 15) is 13.2 Å². The zero-order valence-electron chi connectivity index (χ0n) is 19.9. The zero-order chi connectivity index (χ0) is 26.4. The normalized spacial score (nSPS) is 11.2. The summed E-state index contributed by atoms with van der Waals surface area (Å²) in [5, 5.41) is 12.1. The lowest BCUT2D eigenvalue weighted by atomic mass is 10.2. The number of rotatable bonds is 9. The monoisotopic (exact) mass is 542 g/mol. The first-order chi connectivity index (χ1) is 18.5. The summed E-state index contributed by atoms with van der Waals surface area (Å²) in [6.45, 7) is 0. The Hall–Kier alpha value is -4.48. The van der Waals surface area contributed by atoms with Crippen molar-refractivity contribution in [2.75, 3.05) is 15.8 Å². The van der Waals surface area contributed by atoms with Crippen LogP contribution in [0.4, 0.5) is 11.5 Å². The molecule has 0 saturated carbocycles. The number of anilines is 2. The second-order valence-corrected chi connectivity index (χ2v) is 10.6. The number of carbonyl (C=O) groups excluding carboxylic acids is 1. The lowest BCUT2D eigenvalue weighted by Crippen LogP contribution is -2.16. The molecule has 11 heteroatoms. The number of hydrogen-bond acceptors (Lipinski definition) is 7. The number of thioether (sulfide) groups is 1. The van der Waals surface area contributed by atoms with Crippen LogP contribution in [0.15, 0.2) is 119 Å². The van der Waals surface area contributed by atoms with Crippen LogP contribution in [0.25, 0.3) is 17.1 Å². The average Bonchev–Trinajstić information content (AvgIpc) is 3.37. The lowest BCUT2D eigenvalue weighted by molar-refractivity contribution is -0.113. The van der Waals surface area contributed by atoms with Gasteiger partial charge in [0, 0.05) is 23.1 Å². The van der Waals surface area contributed by atoms with E-state index in [-0.39, 0.29) is 22.4 Å². The highest BCUT2D eigenvalue weighted by molar-refractivity contribution is 7.99. The Bertz CT molecular complexity index is 1630. The number of carbonyl (C=O) groups is 1. The molecule has 0 aliphatic rings. The first-order valence-corrected chi connectivity index (χ1v) is 14.0. The van der Waals surface area contributed by atoms with Crippen LogP contribution in [0.5, 0.6) is 0 Å². The first-order valence-electron chi connectivity index (χ1n) is 11.5. The minimum Gasteiger partial charge on any atom is -0.325 e. The van der Waals surface area contributed by atoms with Gasteiger partial charge in [-0.15, -0.1) is 10.2 Å². The van der Waals surface area contributed by atoms with Gasteiger partial charge in [-0.1, -0.05) is 66.4 Å². The highest BCUT2D eigenvalue weighted by Crippen LogP contribution is 2.28. The number of nitrogens with one attached hydrogen (secondary N) is 2. The molecule has 0 bridgehead atoms. The van der Waals surface area contributed by atoms with Crippen LogP contribution in [0, 0.1) is 0 Å². The van der Waals surface area contributed by atoms with E-state index in [1.807, 2.05) is 65.2 Å². The highest BCUT2D eigenvalue weighted by atomic mass is 32.2. The first kappa shape index (κ1) is 25.2. The Labute approximate surface area is 224 Å². The molecule has 1 amide bonds. The Morgan fingerprint density at radius 1 is 0.816 bits per heavy atom. The standard InChI is InChI=1S/C27H22N6O3S2/c34-25(29-21-14-16-23(17-15-21)38(35,36)32-24-13-7-8-18-28-24)19-37-27-31-30-26(20-9-3-1-4-10-20)33(27)22-11-5-2-6-12-22/h1-18H,19H2,(H,28,32)(H,29,34). The van der Waals surface area contributed by atoms with Gasteiger partial charge in [0.15, 0.2) is 11.0 Å². The molecule has 2 aromatic heterocycles. The van der Waals surface area contributed by atoms with E-state index in [0.717, 1.165) is 11.3 Å². The number of para-hydroxylation sites is 1. The maximum atomic E-state index is 12.7. The summed E-state index contributed by atoms with van der Waals surface area (Å²) in [6, 6.07) is 30.3. The van der Waals surface area contributed by atoms with Gasteiger partial charge in [-0.3, -0.25) is 14.1 Å². The number of amides is 1. The van der Waals surface area contributed by atoms with E-state index in [0.29, 0.717) is 16.7 Å². The molecule has 2 heterocycles. The van der Waals surface area contributed by atoms with Gasteiger partial charge in [-0.2, -0.15) is 0 Å². The number of nitrogens with zero attached hydrogens (tertiary/aromatic N) is 4. The van der Waals surface area contributed by atoms with Crippen LogP contribution in [-0.2, 0) is 14.8 Å². The topological polar surface area (TPSA) is 119 Å². The molecule has 0 unspecified atom stereocenters. The molecule has 0 fully saturated rings. The summed E-state index contributed by atoms with van der Waals surface area (Å²) in [5.74, 6) is 0.721. The molecule has 3 aromatic carbocycles. The van der Waals surface area contributed by atoms with Crippen molar-refractivity contribution in [3.8, 4) is 17.1 Å². The fourth-order valence-electron chi connectivity index (χ4n) is 3.61. The fraction of sp³-hybridized carbons (Fsp3) is 0.0370. The van der Waals surface area contributed by atoms with Crippen LogP contribution < -0.4 is 10.0 Å². The molecular weight excluding hydrogens is 520 g/mol. The molecule has 5 aromatic rings. The predicted molar refractivity (Wildman–Crippen MR) is 148 cm³/mol. The molecule has 38 heavy (non-hydrogen) atoms. The van der Waals surface area contributed by atoms with Crippen LogP contribution in [0.2, 0.25) is 0 Å². The predicted octanol–water partition coefficient (Wildman–Crippen LogP) is 4.86. The van der Waals surface area contributed by atoms with Crippen molar-refractivity contribution in [3.05, 3.63) is 109 Å². The summed E-state index contributed by atoms with van der Waals surface area (Å²) in [4.78, 5) is 16.7. The molecular formula is C27H22N6O3S2. The Balaban J connectivity index is 1.27. The highest BCUT2D eigenvalue weighted by Gasteiger charge is 2.18. The van der Waals surface area contributed by atoms with Gasteiger partial charge in [-0.05, 0) is 48.5 Å². The molecule has 0 radical (unpaired) electrons. The van der Waals surface area contributed by atoms with Crippen molar-refractivity contribution in [1.29, 1.82) is 0 Å². The largest absolute Gasteiger partial charge is 0.325 e. The molecule has 0 atom stereocenters. The minimum absolute atomic E-state index is 0.0555. The van der Waals surface area contributed by atoms with Gasteiger partial charge in [0.2, 0.25) is 5.91 Å². The molecule has 0 spiro atoms. The smallest absolute Gasteiger partial charge is 0.263 e. The SMILES string of the molecule is O=C(CSc1nnc(-c2ccccc2)n1-c1ccccc1)Nc1ccc(S(=O)(=O)Nc2ccccn2)cc1. The van der Waals surface area contributed by atoms with Crippen molar-refractivity contribution in [2.24, 2.45) is 0 Å². The number of pyridine rings is 1. The second kappa shape index (κ2) is 11.3. The van der Waals surface area contributed by atoms with E-state index in [4.69, 9.17) is 0 Å². The van der Waals surface area contributed by atoms with E-state index in [1.165, 1.54) is 42.2 Å². The van der Waals surface area contributed by atoms with Gasteiger partial charge >= 0.3 is 0 Å². The van der Waals surface area contributed by atoms with E-state index < -0.39 is 10.0 Å². The van der Waals surface area contributed by atoms with Gasteiger partial charge in [0.05, 0.1) is 10.6 Å². The van der Waals surface area contributed by atoms with Gasteiger partial charge in [-0.25, -0.2) is 13.4 Å². The van der Waals surface area contributed by atoms with Crippen molar-refractivity contribution in [3.63, 3.8) is 0 Å². The Morgan fingerprint density at radius 2 is 1.50 bits per heavy atom. The molecule has 9 nitrogen and oxygen atoms in total. The Morgan fingerprint density at radius 3 is 2.18 bits per heavy atom. The average molecular weight is 543 g/mol. The third kappa shape index (κ3) is 5.90. The van der Waals surface area contributed by atoms with Crippen molar-refractivity contribution in [2.45, 2.75) is 10.1 Å². The van der Waals surface area contributed by atoms with Crippen LogP contribution in [0.1, 0.15) is 0 Å². The van der Waals surface area contributed by atoms with E-state index >= 15 is 0 Å². The molecule has 0 aliphatic carbocycles. The maximum absolute atomic E-state index is 12.7. The quantitative estimate of drug-likeness (QED) is 0.255. The third-order valence-electron chi connectivity index (χ3n) is 5.36. The molecule has 190 valence electrons. The van der Waals surface area contributed by atoms with Gasteiger partial charge < -0.3 is 5.32 Å². The summed E-state index contributed by atoms with van der Waals surface area (Å²) < 4.78 is 29.5. The molecule has 5 rings (SSSR count). The van der Waals surface area contributed by atoms with Gasteiger partial charge in [0.1, 0.15) is 5.82 Å². The Kier molecular flexibility index (Phi) is 7.47. The van der Waals surface area contributed by atoms with E-state index in [2.05, 4.69) is 25.2 Å². The summed E-state index contributed by atoms with van der Waals surface area (Å²) in [5.41, 5.74) is 2.27. The van der Waals surface area contributed by atoms with Crippen LogP contribution >= 0.6 is 11.8 Å². The second-order valence-electron chi connectivity index (χ2n) is 8.02. The number of hydrogen-bond donors (Lipinski definition) is 2. The fourth-order valence-corrected chi connectivity index (χ4v) is 5.37. The maximum Gasteiger partial charge on any atom is 0.263 e. The summed E-state index contributed by atoms with van der Waals surface area (Å²) in [7, 11) is -3.80. The molecule has 0 aliphatic heterocycles. The molecule has 2 N–H and O–H groups in total. The molecule has 0 saturated heterocycles. The van der Waals surface area contributed by atoms with Crippen molar-refractivity contribution >= 4 is 39.2 Å². The summed E-state index contributed by atoms with van der Waals surface area (Å²) >= 11 is 1.26. The van der Waals surface area contributed by atoms with Crippen molar-refractivity contribution in [1.82, 2.24) is 19.7 Å². The van der Waals surface area contributed by atoms with Crippen LogP contribution in [0.3, 0.4) is 0 Å². The number of sulfonamides is 1. The van der Waals surface area contributed by atoms with Gasteiger partial charge in [0.25, 0.3) is 10.0 Å². The van der Waals surface area contributed by atoms with Crippen molar-refractivity contribution < 1.29 is 13.2 Å². The minimum atomic E-state index is -3.80. The van der Waals surface area contributed by atoms with Crippen LogP contribution in [-0.4, -0.2) is 39.8 Å². The number of aromatic nitrogens is 4. The third-order valence-corrected chi connectivity index (χ3v) is 7.66. The lowest BCUT2D eigenvalue weighted by Gasteiger charge is -2.11. The summed E-state index contributed by atoms with van der Waals surface area (Å²) in [6.07, 6.45) is 1.50. The number of benzene rings is 3. The van der Waals surface area contributed by atoms with E-state index in [1.54, 1.807) is 18.2 Å².